The normalized spacial score (nSPS) is 14.7. The maximum atomic E-state index is 12.5. The standard InChI is InChI=1S/C15H15F3N4O2/c1-22(14(24)15(16,17)18)8-4-5-9-10(6-8)21-12(19)11(9)13(23)20-7-2-3-7/h4-7,21H,2-3,19H2,1H3,(H,20,23). The van der Waals surface area contributed by atoms with Gasteiger partial charge in [0.25, 0.3) is 5.91 Å². The molecule has 1 aliphatic carbocycles. The first-order valence-corrected chi connectivity index (χ1v) is 7.25. The van der Waals surface area contributed by atoms with E-state index >= 15 is 0 Å². The van der Waals surface area contributed by atoms with E-state index in [1.165, 1.54) is 18.2 Å². The monoisotopic (exact) mass is 340 g/mol. The highest BCUT2D eigenvalue weighted by atomic mass is 19.4. The molecule has 0 bridgehead atoms. The summed E-state index contributed by atoms with van der Waals surface area (Å²) in [6, 6.07) is 4.31. The Bertz CT molecular complexity index is 824. The summed E-state index contributed by atoms with van der Waals surface area (Å²) in [7, 11) is 1.03. The number of aromatic amines is 1. The predicted octanol–water partition coefficient (Wildman–Crippen LogP) is 2.17. The molecule has 128 valence electrons. The van der Waals surface area contributed by atoms with Gasteiger partial charge in [-0.15, -0.1) is 0 Å². The highest BCUT2D eigenvalue weighted by Crippen LogP contribution is 2.30. The van der Waals surface area contributed by atoms with E-state index in [0.717, 1.165) is 19.9 Å². The van der Waals surface area contributed by atoms with Crippen LogP contribution in [-0.4, -0.2) is 36.1 Å². The minimum absolute atomic E-state index is 0.0419. The van der Waals surface area contributed by atoms with Gasteiger partial charge in [0.15, 0.2) is 0 Å². The van der Waals surface area contributed by atoms with E-state index in [2.05, 4.69) is 10.3 Å². The van der Waals surface area contributed by atoms with Crippen molar-refractivity contribution in [1.82, 2.24) is 10.3 Å². The van der Waals surface area contributed by atoms with Crippen molar-refractivity contribution in [2.45, 2.75) is 25.1 Å². The zero-order valence-corrected chi connectivity index (χ0v) is 12.7. The second-order valence-electron chi connectivity index (χ2n) is 5.75. The number of nitrogens with zero attached hydrogens (tertiary/aromatic N) is 1. The van der Waals surface area contributed by atoms with Gasteiger partial charge in [-0.2, -0.15) is 13.2 Å². The summed E-state index contributed by atoms with van der Waals surface area (Å²) < 4.78 is 37.6. The molecule has 0 atom stereocenters. The summed E-state index contributed by atoms with van der Waals surface area (Å²) in [4.78, 5) is 26.8. The van der Waals surface area contributed by atoms with Gasteiger partial charge in [-0.05, 0) is 31.0 Å². The number of nitrogens with two attached hydrogens (primary N) is 1. The highest BCUT2D eigenvalue weighted by molar-refractivity contribution is 6.12. The lowest BCUT2D eigenvalue weighted by Gasteiger charge is -2.18. The van der Waals surface area contributed by atoms with E-state index in [4.69, 9.17) is 5.73 Å². The lowest BCUT2D eigenvalue weighted by atomic mass is 10.1. The molecule has 0 saturated heterocycles. The molecule has 0 aliphatic heterocycles. The summed E-state index contributed by atoms with van der Waals surface area (Å²) in [6.45, 7) is 0. The van der Waals surface area contributed by atoms with E-state index < -0.39 is 12.1 Å². The SMILES string of the molecule is CN(C(=O)C(F)(F)F)c1ccc2c(C(=O)NC3CC3)c(N)[nH]c2c1. The zero-order chi connectivity index (χ0) is 17.6. The topological polar surface area (TPSA) is 91.2 Å². The molecule has 1 heterocycles. The molecule has 0 radical (unpaired) electrons. The van der Waals surface area contributed by atoms with Crippen molar-refractivity contribution in [1.29, 1.82) is 0 Å². The molecule has 0 spiro atoms. The maximum Gasteiger partial charge on any atom is 0.471 e. The molecule has 0 unspecified atom stereocenters. The van der Waals surface area contributed by atoms with Crippen LogP contribution in [0.5, 0.6) is 0 Å². The Kier molecular flexibility index (Phi) is 3.66. The summed E-state index contributed by atoms with van der Waals surface area (Å²) in [5.41, 5.74) is 6.51. The molecule has 1 aromatic carbocycles. The van der Waals surface area contributed by atoms with Crippen LogP contribution in [0, 0.1) is 0 Å². The fourth-order valence-corrected chi connectivity index (χ4v) is 2.45. The lowest BCUT2D eigenvalue weighted by Crippen LogP contribution is -2.38. The van der Waals surface area contributed by atoms with Gasteiger partial charge in [0.05, 0.1) is 5.56 Å². The van der Waals surface area contributed by atoms with Crippen molar-refractivity contribution in [3.8, 4) is 0 Å². The van der Waals surface area contributed by atoms with Crippen molar-refractivity contribution in [3.05, 3.63) is 23.8 Å². The lowest BCUT2D eigenvalue weighted by molar-refractivity contribution is -0.170. The average Bonchev–Trinajstić information content (AvgIpc) is 3.23. The minimum Gasteiger partial charge on any atom is -0.385 e. The number of nitrogen functional groups attached to an aromatic ring is 1. The number of aromatic nitrogens is 1. The van der Waals surface area contributed by atoms with E-state index in [9.17, 15) is 22.8 Å². The van der Waals surface area contributed by atoms with Crippen molar-refractivity contribution in [2.24, 2.45) is 0 Å². The number of nitrogens with one attached hydrogen (secondary N) is 2. The van der Waals surface area contributed by atoms with Gasteiger partial charge in [0.2, 0.25) is 0 Å². The Balaban J connectivity index is 1.95. The molecule has 24 heavy (non-hydrogen) atoms. The van der Waals surface area contributed by atoms with Gasteiger partial charge in [0, 0.05) is 29.7 Å². The minimum atomic E-state index is -4.96. The number of H-pyrrole nitrogens is 1. The Morgan fingerprint density at radius 1 is 1.33 bits per heavy atom. The second-order valence-corrected chi connectivity index (χ2v) is 5.75. The third-order valence-corrected chi connectivity index (χ3v) is 3.89. The van der Waals surface area contributed by atoms with Gasteiger partial charge >= 0.3 is 12.1 Å². The fourth-order valence-electron chi connectivity index (χ4n) is 2.45. The number of anilines is 2. The molecule has 9 heteroatoms. The number of amides is 2. The van der Waals surface area contributed by atoms with Crippen molar-refractivity contribution < 1.29 is 22.8 Å². The van der Waals surface area contributed by atoms with Crippen molar-refractivity contribution >= 4 is 34.2 Å². The molecule has 3 rings (SSSR count). The molecule has 4 N–H and O–H groups in total. The zero-order valence-electron chi connectivity index (χ0n) is 12.7. The van der Waals surface area contributed by atoms with Crippen LogP contribution in [0.25, 0.3) is 10.9 Å². The molecule has 1 aliphatic rings. The van der Waals surface area contributed by atoms with Gasteiger partial charge in [-0.3, -0.25) is 9.59 Å². The second kappa shape index (κ2) is 5.43. The summed E-state index contributed by atoms with van der Waals surface area (Å²) in [5, 5.41) is 3.30. The summed E-state index contributed by atoms with van der Waals surface area (Å²) in [6.07, 6.45) is -3.13. The Labute approximate surface area is 134 Å². The third-order valence-electron chi connectivity index (χ3n) is 3.89. The number of rotatable bonds is 3. The number of carbonyl (C=O) groups excluding carboxylic acids is 2. The number of halogens is 3. The van der Waals surface area contributed by atoms with Gasteiger partial charge in [-0.25, -0.2) is 0 Å². The van der Waals surface area contributed by atoms with Crippen LogP contribution in [0.4, 0.5) is 24.7 Å². The van der Waals surface area contributed by atoms with E-state index in [-0.39, 0.29) is 29.0 Å². The van der Waals surface area contributed by atoms with E-state index in [0.29, 0.717) is 15.8 Å². The number of hydrogen-bond acceptors (Lipinski definition) is 3. The number of hydrogen-bond donors (Lipinski definition) is 3. The number of benzene rings is 1. The smallest absolute Gasteiger partial charge is 0.385 e. The molecule has 1 aromatic heterocycles. The third kappa shape index (κ3) is 2.89. The molecule has 2 amide bonds. The summed E-state index contributed by atoms with van der Waals surface area (Å²) in [5.74, 6) is -2.17. The molecule has 6 nitrogen and oxygen atoms in total. The molecule has 1 saturated carbocycles. The highest BCUT2D eigenvalue weighted by Gasteiger charge is 2.41. The van der Waals surface area contributed by atoms with Crippen LogP contribution in [0.3, 0.4) is 0 Å². The van der Waals surface area contributed by atoms with Gasteiger partial charge in [0.1, 0.15) is 5.82 Å². The van der Waals surface area contributed by atoms with Crippen molar-refractivity contribution in [2.75, 3.05) is 17.7 Å². The first kappa shape index (κ1) is 16.2. The van der Waals surface area contributed by atoms with Crippen LogP contribution in [0.15, 0.2) is 18.2 Å². The van der Waals surface area contributed by atoms with E-state index in [1.54, 1.807) is 0 Å². The largest absolute Gasteiger partial charge is 0.471 e. The number of fused-ring (bicyclic) bond motifs is 1. The Morgan fingerprint density at radius 2 is 2.00 bits per heavy atom. The van der Waals surface area contributed by atoms with Crippen LogP contribution in [0.2, 0.25) is 0 Å². The number of alkyl halides is 3. The van der Waals surface area contributed by atoms with Crippen molar-refractivity contribution in [3.63, 3.8) is 0 Å². The average molecular weight is 340 g/mol. The fraction of sp³-hybridized carbons (Fsp3) is 0.333. The van der Waals surface area contributed by atoms with Gasteiger partial charge in [-0.1, -0.05) is 0 Å². The van der Waals surface area contributed by atoms with Gasteiger partial charge < -0.3 is 20.9 Å². The van der Waals surface area contributed by atoms with Crippen LogP contribution in [-0.2, 0) is 4.79 Å². The van der Waals surface area contributed by atoms with Crippen LogP contribution < -0.4 is 16.0 Å². The molecular formula is C15H15F3N4O2. The molecule has 2 aromatic rings. The maximum absolute atomic E-state index is 12.5. The van der Waals surface area contributed by atoms with Crippen LogP contribution in [0.1, 0.15) is 23.2 Å². The molecule has 1 fully saturated rings. The Hall–Kier alpha value is -2.71. The first-order valence-electron chi connectivity index (χ1n) is 7.25. The predicted molar refractivity (Wildman–Crippen MR) is 82.7 cm³/mol. The van der Waals surface area contributed by atoms with Crippen LogP contribution >= 0.6 is 0 Å². The van der Waals surface area contributed by atoms with E-state index in [1.807, 2.05) is 0 Å². The summed E-state index contributed by atoms with van der Waals surface area (Å²) >= 11 is 0. The quantitative estimate of drug-likeness (QED) is 0.800. The molecular weight excluding hydrogens is 325 g/mol. The Morgan fingerprint density at radius 3 is 2.58 bits per heavy atom. The first-order chi connectivity index (χ1) is 11.2. The number of carbonyl (C=O) groups is 2.